The quantitative estimate of drug-likeness (QED) is 0.327. The molecule has 1 aromatic carbocycles. The minimum Gasteiger partial charge on any atom is -1.00 e. The first kappa shape index (κ1) is 13.9. The summed E-state index contributed by atoms with van der Waals surface area (Å²) in [6.45, 7) is 0. The zero-order chi connectivity index (χ0) is 11.9. The molecule has 0 saturated heterocycles. The first-order valence-electron chi connectivity index (χ1n) is 5.15. The Hall–Kier alpha value is -2.19. The summed E-state index contributed by atoms with van der Waals surface area (Å²) in [5, 5.41) is 13.1. The molecule has 0 aliphatic heterocycles. The smallest absolute Gasteiger partial charge is 0.431 e. The fraction of sp³-hybridized carbons (Fsp3) is 0. The summed E-state index contributed by atoms with van der Waals surface area (Å²) < 4.78 is 1.65. The molecule has 0 spiro atoms. The van der Waals surface area contributed by atoms with E-state index in [0.29, 0.717) is 0 Å². The summed E-state index contributed by atoms with van der Waals surface area (Å²) in [5.41, 5.74) is 3.68. The number of nitriles is 1. The predicted octanol–water partition coefficient (Wildman–Crippen LogP) is -1.22. The Morgan fingerprint density at radius 3 is 2.28 bits per heavy atom. The molecule has 0 atom stereocenters. The van der Waals surface area contributed by atoms with E-state index in [2.05, 4.69) is 10.5 Å². The van der Waals surface area contributed by atoms with E-state index in [9.17, 15) is 0 Å². The Kier molecular flexibility index (Phi) is 5.55. The van der Waals surface area contributed by atoms with Gasteiger partial charge in [0.15, 0.2) is 6.07 Å². The van der Waals surface area contributed by atoms with E-state index in [0.717, 1.165) is 5.69 Å². The lowest BCUT2D eigenvalue weighted by atomic mass is 10.3. The van der Waals surface area contributed by atoms with Crippen molar-refractivity contribution in [3.05, 3.63) is 60.9 Å². The van der Waals surface area contributed by atoms with Crippen molar-refractivity contribution < 1.29 is 21.5 Å². The van der Waals surface area contributed by atoms with Crippen LogP contribution in [0.4, 0.5) is 5.69 Å². The molecule has 18 heavy (non-hydrogen) atoms. The molecule has 2 aromatic rings. The third-order valence-electron chi connectivity index (χ3n) is 2.12. The molecule has 4 nitrogen and oxygen atoms in total. The van der Waals surface area contributed by atoms with Crippen LogP contribution < -0.4 is 27.0 Å². The molecule has 2 rings (SSSR count). The molecule has 0 fully saturated rings. The van der Waals surface area contributed by atoms with Gasteiger partial charge >= 0.3 is 5.84 Å². The molecule has 0 radical (unpaired) electrons. The van der Waals surface area contributed by atoms with Crippen LogP contribution in [0.1, 0.15) is 0 Å². The molecule has 1 aromatic heterocycles. The van der Waals surface area contributed by atoms with E-state index >= 15 is 0 Å². The van der Waals surface area contributed by atoms with Gasteiger partial charge in [-0.3, -0.25) is 0 Å². The van der Waals surface area contributed by atoms with Gasteiger partial charge < -0.3 is 17.0 Å². The van der Waals surface area contributed by atoms with Crippen molar-refractivity contribution in [3.63, 3.8) is 0 Å². The first-order valence-corrected chi connectivity index (χ1v) is 5.15. The van der Waals surface area contributed by atoms with Gasteiger partial charge in [0.2, 0.25) is 0 Å². The van der Waals surface area contributed by atoms with Gasteiger partial charge in [-0.05, 0) is 24.3 Å². The second kappa shape index (κ2) is 7.20. The van der Waals surface area contributed by atoms with Crippen LogP contribution in [-0.2, 0) is 0 Å². The molecule has 1 N–H and O–H groups in total. The van der Waals surface area contributed by atoms with Gasteiger partial charge in [-0.2, -0.15) is 15.3 Å². The zero-order valence-corrected chi connectivity index (χ0v) is 11.1. The Balaban J connectivity index is 0.00000162. The van der Waals surface area contributed by atoms with Gasteiger partial charge in [0, 0.05) is 0 Å². The average Bonchev–Trinajstić information content (AvgIpc) is 2.42. The number of aromatic nitrogens is 1. The summed E-state index contributed by atoms with van der Waals surface area (Å²) in [5.74, 6) is 0.287. The number of pyridine rings is 1. The Bertz CT molecular complexity index is 546. The number of benzene rings is 1. The van der Waals surface area contributed by atoms with Gasteiger partial charge in [0.25, 0.3) is 0 Å². The minimum absolute atomic E-state index is 0. The van der Waals surface area contributed by atoms with E-state index < -0.39 is 0 Å². The van der Waals surface area contributed by atoms with Gasteiger partial charge in [0.05, 0.1) is 23.2 Å². The molecular weight excluding hydrogens is 292 g/mol. The maximum atomic E-state index is 9.02. The van der Waals surface area contributed by atoms with Crippen molar-refractivity contribution in [1.82, 2.24) is 0 Å². The van der Waals surface area contributed by atoms with E-state index in [-0.39, 0.29) is 22.8 Å². The topological polar surface area (TPSA) is 52.1 Å². The molecule has 0 unspecified atom stereocenters. The molecule has 0 aliphatic rings. The van der Waals surface area contributed by atoms with Crippen molar-refractivity contribution in [1.29, 1.82) is 5.26 Å². The molecule has 90 valence electrons. The predicted molar refractivity (Wildman–Crippen MR) is 65.1 cm³/mol. The SMILES string of the molecule is N#C/C(=N\Nc1ccccc1)[n+]1ccccc1.[Br-]. The van der Waals surface area contributed by atoms with Crippen LogP contribution in [0.25, 0.3) is 0 Å². The van der Waals surface area contributed by atoms with Crippen LogP contribution in [0.2, 0.25) is 0 Å². The lowest BCUT2D eigenvalue weighted by Crippen LogP contribution is -3.00. The van der Waals surface area contributed by atoms with E-state index in [1.807, 2.05) is 54.6 Å². The molecule has 0 bridgehead atoms. The highest BCUT2D eigenvalue weighted by Gasteiger charge is 2.09. The molecule has 5 heteroatoms. The number of hydrogen-bond acceptors (Lipinski definition) is 3. The Morgan fingerprint density at radius 2 is 1.67 bits per heavy atom. The largest absolute Gasteiger partial charge is 1.00 e. The standard InChI is InChI=1S/C13H11N4.BrH/c14-11-13(17-9-5-2-6-10-17)16-15-12-7-3-1-4-8-12;/h1-10,15H;1H/q+1;/p-1/b16-13+;. The van der Waals surface area contributed by atoms with Crippen LogP contribution >= 0.6 is 0 Å². The van der Waals surface area contributed by atoms with Crippen molar-refractivity contribution in [3.8, 4) is 6.07 Å². The maximum Gasteiger partial charge on any atom is 0.431 e. The monoisotopic (exact) mass is 302 g/mol. The molecular formula is C13H11BrN4. The molecule has 0 saturated carbocycles. The second-order valence-corrected chi connectivity index (χ2v) is 3.31. The number of hydrogen-bond donors (Lipinski definition) is 1. The highest BCUT2D eigenvalue weighted by molar-refractivity contribution is 5.89. The minimum atomic E-state index is 0. The number of para-hydroxylation sites is 1. The number of nitrogens with one attached hydrogen (secondary N) is 1. The van der Waals surface area contributed by atoms with Crippen molar-refractivity contribution in [2.24, 2.45) is 5.10 Å². The van der Waals surface area contributed by atoms with Crippen LogP contribution in [0.3, 0.4) is 0 Å². The molecule has 0 aliphatic carbocycles. The average molecular weight is 303 g/mol. The van der Waals surface area contributed by atoms with E-state index in [1.54, 1.807) is 17.0 Å². The Morgan fingerprint density at radius 1 is 1.06 bits per heavy atom. The highest BCUT2D eigenvalue weighted by Crippen LogP contribution is 2.03. The second-order valence-electron chi connectivity index (χ2n) is 3.31. The summed E-state index contributed by atoms with van der Waals surface area (Å²) in [6.07, 6.45) is 3.55. The van der Waals surface area contributed by atoms with Crippen LogP contribution in [0.15, 0.2) is 66.0 Å². The summed E-state index contributed by atoms with van der Waals surface area (Å²) >= 11 is 0. The van der Waals surface area contributed by atoms with E-state index in [4.69, 9.17) is 5.26 Å². The number of anilines is 1. The van der Waals surface area contributed by atoms with Gasteiger partial charge in [-0.15, -0.1) is 0 Å². The lowest BCUT2D eigenvalue weighted by Gasteiger charge is -1.94. The maximum absolute atomic E-state index is 9.02. The fourth-order valence-electron chi connectivity index (χ4n) is 1.31. The van der Waals surface area contributed by atoms with Gasteiger partial charge in [-0.25, -0.2) is 0 Å². The summed E-state index contributed by atoms with van der Waals surface area (Å²) in [4.78, 5) is 0. The lowest BCUT2D eigenvalue weighted by molar-refractivity contribution is -0.553. The van der Waals surface area contributed by atoms with Crippen molar-refractivity contribution in [2.45, 2.75) is 0 Å². The zero-order valence-electron chi connectivity index (χ0n) is 9.49. The third-order valence-corrected chi connectivity index (χ3v) is 2.12. The molecule has 1 heterocycles. The highest BCUT2D eigenvalue weighted by atomic mass is 79.9. The number of nitrogens with zero attached hydrogens (tertiary/aromatic N) is 3. The summed E-state index contributed by atoms with van der Waals surface area (Å²) in [6, 6.07) is 17.1. The number of rotatable bonds is 2. The first-order chi connectivity index (χ1) is 8.40. The normalized spacial score (nSPS) is 10.1. The van der Waals surface area contributed by atoms with Gasteiger partial charge in [-0.1, -0.05) is 24.3 Å². The Labute approximate surface area is 116 Å². The third kappa shape index (κ3) is 3.68. The van der Waals surface area contributed by atoms with Crippen LogP contribution in [0, 0.1) is 11.3 Å². The van der Waals surface area contributed by atoms with Crippen molar-refractivity contribution >= 4 is 11.5 Å². The summed E-state index contributed by atoms with van der Waals surface area (Å²) in [7, 11) is 0. The van der Waals surface area contributed by atoms with Gasteiger partial charge in [0.1, 0.15) is 0 Å². The van der Waals surface area contributed by atoms with Crippen LogP contribution in [-0.4, -0.2) is 5.84 Å². The fourth-order valence-corrected chi connectivity index (χ4v) is 1.31. The van der Waals surface area contributed by atoms with Crippen LogP contribution in [0.5, 0.6) is 0 Å². The van der Waals surface area contributed by atoms with E-state index in [1.165, 1.54) is 0 Å². The van der Waals surface area contributed by atoms with Crippen molar-refractivity contribution in [2.75, 3.05) is 5.43 Å². The number of hydrazone groups is 1. The molecule has 0 amide bonds. The number of halogens is 1.